The summed E-state index contributed by atoms with van der Waals surface area (Å²) in [6, 6.07) is 14.5. The molecule has 0 aliphatic rings. The van der Waals surface area contributed by atoms with Gasteiger partial charge in [-0.2, -0.15) is 0 Å². The van der Waals surface area contributed by atoms with Gasteiger partial charge in [0, 0.05) is 15.4 Å². The van der Waals surface area contributed by atoms with Crippen LogP contribution in [0.25, 0.3) is 22.1 Å². The molecule has 0 aliphatic heterocycles. The van der Waals surface area contributed by atoms with Gasteiger partial charge in [-0.3, -0.25) is 0 Å². The Morgan fingerprint density at radius 3 is 2.48 bits per heavy atom. The molecule has 1 heterocycles. The highest BCUT2D eigenvalue weighted by molar-refractivity contribution is 9.10. The Kier molecular flexibility index (Phi) is 3.87. The molecule has 3 rings (SSSR count). The Morgan fingerprint density at radius 2 is 1.86 bits per heavy atom. The molecule has 0 bridgehead atoms. The van der Waals surface area contributed by atoms with Crippen LogP contribution in [0.3, 0.4) is 0 Å². The molecule has 0 radical (unpaired) electrons. The van der Waals surface area contributed by atoms with Gasteiger partial charge >= 0.3 is 0 Å². The van der Waals surface area contributed by atoms with Crippen molar-refractivity contribution in [1.82, 2.24) is 0 Å². The van der Waals surface area contributed by atoms with Crippen LogP contribution in [-0.4, -0.2) is 0 Å². The molecule has 0 spiro atoms. The van der Waals surface area contributed by atoms with Crippen molar-refractivity contribution < 1.29 is 4.42 Å². The maximum atomic E-state index is 6.10. The maximum absolute atomic E-state index is 6.10. The Morgan fingerprint density at radius 1 is 1.14 bits per heavy atom. The highest BCUT2D eigenvalue weighted by Crippen LogP contribution is 2.39. The van der Waals surface area contributed by atoms with E-state index in [-0.39, 0.29) is 0 Å². The maximum Gasteiger partial charge on any atom is 0.138 e. The number of hydrogen-bond donors (Lipinski definition) is 1. The van der Waals surface area contributed by atoms with Gasteiger partial charge in [-0.25, -0.2) is 0 Å². The highest BCUT2D eigenvalue weighted by Gasteiger charge is 2.19. The van der Waals surface area contributed by atoms with E-state index in [1.807, 2.05) is 18.2 Å². The molecule has 2 nitrogen and oxygen atoms in total. The molecule has 2 aromatic carbocycles. The second kappa shape index (κ2) is 5.66. The lowest BCUT2D eigenvalue weighted by molar-refractivity contribution is 0.548. The van der Waals surface area contributed by atoms with E-state index in [1.165, 1.54) is 5.56 Å². The molecule has 0 atom stereocenters. The molecule has 0 unspecified atom stereocenters. The molecular formula is C18H18BrNO. The van der Waals surface area contributed by atoms with Crippen LogP contribution < -0.4 is 5.73 Å². The first-order valence-corrected chi connectivity index (χ1v) is 7.91. The van der Waals surface area contributed by atoms with Crippen LogP contribution in [-0.2, 0) is 6.54 Å². The van der Waals surface area contributed by atoms with Crippen LogP contribution in [0.15, 0.2) is 51.4 Å². The van der Waals surface area contributed by atoms with Crippen molar-refractivity contribution in [2.75, 3.05) is 0 Å². The smallest absolute Gasteiger partial charge is 0.138 e. The van der Waals surface area contributed by atoms with Crippen LogP contribution in [0, 0.1) is 0 Å². The third-order valence-electron chi connectivity index (χ3n) is 3.73. The van der Waals surface area contributed by atoms with Gasteiger partial charge < -0.3 is 10.2 Å². The molecule has 1 aromatic heterocycles. The van der Waals surface area contributed by atoms with Crippen molar-refractivity contribution in [3.05, 3.63) is 58.3 Å². The molecular weight excluding hydrogens is 326 g/mol. The highest BCUT2D eigenvalue weighted by atomic mass is 79.9. The molecule has 0 amide bonds. The quantitative estimate of drug-likeness (QED) is 0.687. The van der Waals surface area contributed by atoms with E-state index in [4.69, 9.17) is 10.2 Å². The van der Waals surface area contributed by atoms with E-state index in [9.17, 15) is 0 Å². The molecule has 0 aliphatic carbocycles. The van der Waals surface area contributed by atoms with Gasteiger partial charge in [0.25, 0.3) is 0 Å². The van der Waals surface area contributed by atoms with Gasteiger partial charge in [-0.05, 0) is 29.2 Å². The largest absolute Gasteiger partial charge is 0.459 e. The monoisotopic (exact) mass is 343 g/mol. The number of benzene rings is 2. The summed E-state index contributed by atoms with van der Waals surface area (Å²) < 4.78 is 7.17. The van der Waals surface area contributed by atoms with Gasteiger partial charge in [0.05, 0.1) is 6.54 Å². The van der Waals surface area contributed by atoms with Gasteiger partial charge in [0.15, 0.2) is 0 Å². The van der Waals surface area contributed by atoms with Gasteiger partial charge in [-0.1, -0.05) is 60.1 Å². The fourth-order valence-electron chi connectivity index (χ4n) is 2.73. The topological polar surface area (TPSA) is 39.2 Å². The van der Waals surface area contributed by atoms with Crippen LogP contribution in [0.4, 0.5) is 0 Å². The van der Waals surface area contributed by atoms with Crippen molar-refractivity contribution in [3.8, 4) is 11.1 Å². The van der Waals surface area contributed by atoms with Crippen LogP contribution in [0.5, 0.6) is 0 Å². The Balaban J connectivity index is 2.38. The number of nitrogens with two attached hydrogens (primary N) is 1. The van der Waals surface area contributed by atoms with Crippen LogP contribution in [0.1, 0.15) is 31.1 Å². The van der Waals surface area contributed by atoms with Gasteiger partial charge in [0.2, 0.25) is 0 Å². The van der Waals surface area contributed by atoms with Crippen molar-refractivity contribution in [2.24, 2.45) is 5.73 Å². The van der Waals surface area contributed by atoms with Crippen molar-refractivity contribution in [1.29, 1.82) is 0 Å². The van der Waals surface area contributed by atoms with Gasteiger partial charge in [-0.15, -0.1) is 0 Å². The third kappa shape index (κ3) is 2.52. The summed E-state index contributed by atoms with van der Waals surface area (Å²) in [4.78, 5) is 0. The summed E-state index contributed by atoms with van der Waals surface area (Å²) in [5.74, 6) is 1.24. The Labute approximate surface area is 133 Å². The average molecular weight is 344 g/mol. The van der Waals surface area contributed by atoms with E-state index in [1.54, 1.807) is 0 Å². The van der Waals surface area contributed by atoms with Crippen LogP contribution in [0.2, 0.25) is 0 Å². The molecule has 0 saturated carbocycles. The van der Waals surface area contributed by atoms with Crippen molar-refractivity contribution in [3.63, 3.8) is 0 Å². The minimum Gasteiger partial charge on any atom is -0.459 e. The second-order valence-electron chi connectivity index (χ2n) is 5.50. The number of fused-ring (bicyclic) bond motifs is 1. The first-order valence-electron chi connectivity index (χ1n) is 7.12. The van der Waals surface area contributed by atoms with E-state index < -0.39 is 0 Å². The zero-order valence-corrected chi connectivity index (χ0v) is 13.8. The lowest BCUT2D eigenvalue weighted by Crippen LogP contribution is -1.95. The minimum atomic E-state index is 0.394. The molecule has 0 fully saturated rings. The zero-order chi connectivity index (χ0) is 15.0. The number of hydrogen-bond acceptors (Lipinski definition) is 2. The first kappa shape index (κ1) is 14.4. The molecule has 3 heteroatoms. The van der Waals surface area contributed by atoms with E-state index in [0.717, 1.165) is 32.3 Å². The average Bonchev–Trinajstić information content (AvgIpc) is 2.85. The summed E-state index contributed by atoms with van der Waals surface area (Å²) in [7, 11) is 0. The summed E-state index contributed by atoms with van der Waals surface area (Å²) in [6.45, 7) is 4.75. The summed E-state index contributed by atoms with van der Waals surface area (Å²) in [6.07, 6.45) is 0. The second-order valence-corrected chi connectivity index (χ2v) is 6.41. The van der Waals surface area contributed by atoms with E-state index in [0.29, 0.717) is 12.5 Å². The predicted octanol–water partition coefficient (Wildman–Crippen LogP) is 5.44. The fourth-order valence-corrected chi connectivity index (χ4v) is 3.21. The zero-order valence-electron chi connectivity index (χ0n) is 12.2. The standard InChI is InChI=1S/C18H18BrNO/c1-11(2)14-8-13(19)9-15-17(12-6-4-3-5-7-12)16(10-20)21-18(14)15/h3-9,11H,10,20H2,1-2H3. The predicted molar refractivity (Wildman–Crippen MR) is 91.3 cm³/mol. The molecule has 3 aromatic rings. The lowest BCUT2D eigenvalue weighted by atomic mass is 9.97. The molecule has 0 saturated heterocycles. The van der Waals surface area contributed by atoms with Crippen molar-refractivity contribution >= 4 is 26.9 Å². The van der Waals surface area contributed by atoms with E-state index in [2.05, 4.69) is 54.0 Å². The van der Waals surface area contributed by atoms with E-state index >= 15 is 0 Å². The number of halogens is 1. The number of rotatable bonds is 3. The third-order valence-corrected chi connectivity index (χ3v) is 4.18. The minimum absolute atomic E-state index is 0.394. The van der Waals surface area contributed by atoms with Crippen LogP contribution >= 0.6 is 15.9 Å². The fraction of sp³-hybridized carbons (Fsp3) is 0.222. The van der Waals surface area contributed by atoms with Gasteiger partial charge in [0.1, 0.15) is 11.3 Å². The normalized spacial score (nSPS) is 11.5. The number of furan rings is 1. The summed E-state index contributed by atoms with van der Waals surface area (Å²) >= 11 is 3.62. The molecule has 108 valence electrons. The Hall–Kier alpha value is -1.58. The molecule has 2 N–H and O–H groups in total. The SMILES string of the molecule is CC(C)c1cc(Br)cc2c(-c3ccccc3)c(CN)oc12. The molecule has 21 heavy (non-hydrogen) atoms. The first-order chi connectivity index (χ1) is 10.1. The summed E-state index contributed by atoms with van der Waals surface area (Å²) in [5.41, 5.74) is 10.3. The van der Waals surface area contributed by atoms with Crippen molar-refractivity contribution in [2.45, 2.75) is 26.3 Å². The lowest BCUT2D eigenvalue weighted by Gasteiger charge is -2.07. The Bertz CT molecular complexity index is 775. The summed E-state index contributed by atoms with van der Waals surface area (Å²) in [5, 5.41) is 1.12.